The molecule has 1 saturated carbocycles. The Balaban J connectivity index is 1.93. The van der Waals surface area contributed by atoms with Crippen LogP contribution in [0.5, 0.6) is 0 Å². The first kappa shape index (κ1) is 14.5. The van der Waals surface area contributed by atoms with Crippen LogP contribution in [-0.2, 0) is 16.0 Å². The number of carbonyl (C=O) groups is 2. The highest BCUT2D eigenvalue weighted by molar-refractivity contribution is 5.92. The fraction of sp³-hybridized carbons (Fsp3) is 0.467. The number of hydrogen-bond acceptors (Lipinski definition) is 3. The summed E-state index contributed by atoms with van der Waals surface area (Å²) in [5, 5.41) is 11.6. The first-order valence-corrected chi connectivity index (χ1v) is 6.92. The van der Waals surface area contributed by atoms with E-state index in [0.717, 1.165) is 30.5 Å². The summed E-state index contributed by atoms with van der Waals surface area (Å²) < 4.78 is 0. The highest BCUT2D eigenvalue weighted by Gasteiger charge is 2.27. The molecule has 0 heterocycles. The molecule has 2 unspecified atom stereocenters. The largest absolute Gasteiger partial charge is 0.481 e. The lowest BCUT2D eigenvalue weighted by molar-refractivity contribution is -0.137. The van der Waals surface area contributed by atoms with Crippen molar-refractivity contribution >= 4 is 17.6 Å². The number of rotatable bonds is 5. The van der Waals surface area contributed by atoms with Crippen molar-refractivity contribution in [1.29, 1.82) is 0 Å². The van der Waals surface area contributed by atoms with Gasteiger partial charge in [-0.2, -0.15) is 0 Å². The van der Waals surface area contributed by atoms with E-state index < -0.39 is 5.97 Å². The minimum Gasteiger partial charge on any atom is -0.481 e. The van der Waals surface area contributed by atoms with Gasteiger partial charge in [0.05, 0.1) is 0 Å². The molecule has 4 N–H and O–H groups in total. The Kier molecular flexibility index (Phi) is 4.74. The van der Waals surface area contributed by atoms with Crippen LogP contribution in [0.4, 0.5) is 5.69 Å². The molecular formula is C15H20N2O3. The van der Waals surface area contributed by atoms with Crippen molar-refractivity contribution in [1.82, 2.24) is 0 Å². The Hall–Kier alpha value is -1.88. The van der Waals surface area contributed by atoms with Gasteiger partial charge >= 0.3 is 5.97 Å². The third kappa shape index (κ3) is 4.06. The van der Waals surface area contributed by atoms with E-state index in [-0.39, 0.29) is 24.3 Å². The fourth-order valence-electron chi connectivity index (χ4n) is 2.55. The molecule has 2 rings (SSSR count). The minimum absolute atomic E-state index is 0.00678. The molecule has 5 heteroatoms. The molecule has 1 fully saturated rings. The number of anilines is 1. The van der Waals surface area contributed by atoms with Crippen molar-refractivity contribution < 1.29 is 14.7 Å². The summed E-state index contributed by atoms with van der Waals surface area (Å²) in [7, 11) is 0. The predicted molar refractivity (Wildman–Crippen MR) is 76.3 cm³/mol. The van der Waals surface area contributed by atoms with Gasteiger partial charge in [-0.05, 0) is 43.4 Å². The standard InChI is InChI=1S/C15H20N2O3/c16-12-6-5-11(9-12)15(20)17-13-3-1-2-10(8-13)4-7-14(18)19/h1-3,8,11-12H,4-7,9,16H2,(H,17,20)(H,18,19). The van der Waals surface area contributed by atoms with Crippen molar-refractivity contribution in [2.75, 3.05) is 5.32 Å². The molecule has 0 spiro atoms. The molecule has 1 amide bonds. The topological polar surface area (TPSA) is 92.4 Å². The quantitative estimate of drug-likeness (QED) is 0.764. The van der Waals surface area contributed by atoms with Crippen LogP contribution in [0.1, 0.15) is 31.2 Å². The van der Waals surface area contributed by atoms with Crippen LogP contribution in [0.25, 0.3) is 0 Å². The summed E-state index contributed by atoms with van der Waals surface area (Å²) in [6.07, 6.45) is 3.04. The van der Waals surface area contributed by atoms with Crippen molar-refractivity contribution in [3.8, 4) is 0 Å². The summed E-state index contributed by atoms with van der Waals surface area (Å²) in [6, 6.07) is 7.47. The van der Waals surface area contributed by atoms with Crippen molar-refractivity contribution in [3.63, 3.8) is 0 Å². The van der Waals surface area contributed by atoms with Crippen LogP contribution in [-0.4, -0.2) is 23.0 Å². The van der Waals surface area contributed by atoms with E-state index in [9.17, 15) is 9.59 Å². The molecule has 0 saturated heterocycles. The van der Waals surface area contributed by atoms with E-state index in [1.807, 2.05) is 24.3 Å². The van der Waals surface area contributed by atoms with E-state index in [1.54, 1.807) is 0 Å². The zero-order chi connectivity index (χ0) is 14.5. The molecule has 1 aliphatic rings. The Morgan fingerprint density at radius 1 is 1.35 bits per heavy atom. The second-order valence-corrected chi connectivity index (χ2v) is 5.35. The average molecular weight is 276 g/mol. The van der Waals surface area contributed by atoms with E-state index in [1.165, 1.54) is 0 Å². The van der Waals surface area contributed by atoms with Gasteiger partial charge in [0, 0.05) is 24.1 Å². The lowest BCUT2D eigenvalue weighted by Crippen LogP contribution is -2.23. The van der Waals surface area contributed by atoms with Gasteiger partial charge in [0.15, 0.2) is 0 Å². The van der Waals surface area contributed by atoms with Crippen LogP contribution in [0.2, 0.25) is 0 Å². The Labute approximate surface area is 118 Å². The highest BCUT2D eigenvalue weighted by Crippen LogP contribution is 2.25. The maximum Gasteiger partial charge on any atom is 0.303 e. The first-order chi connectivity index (χ1) is 9.54. The molecule has 0 bridgehead atoms. The highest BCUT2D eigenvalue weighted by atomic mass is 16.4. The van der Waals surface area contributed by atoms with Crippen LogP contribution >= 0.6 is 0 Å². The van der Waals surface area contributed by atoms with E-state index in [0.29, 0.717) is 6.42 Å². The molecule has 1 aromatic rings. The molecule has 5 nitrogen and oxygen atoms in total. The minimum atomic E-state index is -0.820. The number of carbonyl (C=O) groups excluding carboxylic acids is 1. The van der Waals surface area contributed by atoms with E-state index >= 15 is 0 Å². The molecule has 108 valence electrons. The third-order valence-electron chi connectivity index (χ3n) is 3.67. The van der Waals surface area contributed by atoms with E-state index in [4.69, 9.17) is 10.8 Å². The Bertz CT molecular complexity index is 502. The van der Waals surface area contributed by atoms with Gasteiger partial charge in [0.1, 0.15) is 0 Å². The monoisotopic (exact) mass is 276 g/mol. The lowest BCUT2D eigenvalue weighted by atomic mass is 10.1. The number of amides is 1. The van der Waals surface area contributed by atoms with Gasteiger partial charge in [-0.15, -0.1) is 0 Å². The third-order valence-corrected chi connectivity index (χ3v) is 3.67. The van der Waals surface area contributed by atoms with Gasteiger partial charge in [0.2, 0.25) is 5.91 Å². The molecular weight excluding hydrogens is 256 g/mol. The summed E-state index contributed by atoms with van der Waals surface area (Å²) >= 11 is 0. The average Bonchev–Trinajstić information content (AvgIpc) is 2.84. The van der Waals surface area contributed by atoms with Crippen LogP contribution in [0.3, 0.4) is 0 Å². The van der Waals surface area contributed by atoms with E-state index in [2.05, 4.69) is 5.32 Å². The number of benzene rings is 1. The fourth-order valence-corrected chi connectivity index (χ4v) is 2.55. The molecule has 1 aliphatic carbocycles. The van der Waals surface area contributed by atoms with Crippen molar-refractivity contribution in [2.24, 2.45) is 11.7 Å². The molecule has 1 aromatic carbocycles. The van der Waals surface area contributed by atoms with Crippen molar-refractivity contribution in [3.05, 3.63) is 29.8 Å². The maximum atomic E-state index is 12.1. The second kappa shape index (κ2) is 6.52. The second-order valence-electron chi connectivity index (χ2n) is 5.35. The summed E-state index contributed by atoms with van der Waals surface area (Å²) in [4.78, 5) is 22.6. The normalized spacial score (nSPS) is 21.6. The summed E-state index contributed by atoms with van der Waals surface area (Å²) in [5.41, 5.74) is 7.44. The van der Waals surface area contributed by atoms with Gasteiger partial charge in [0.25, 0.3) is 0 Å². The van der Waals surface area contributed by atoms with Gasteiger partial charge < -0.3 is 16.2 Å². The van der Waals surface area contributed by atoms with Crippen LogP contribution < -0.4 is 11.1 Å². The van der Waals surface area contributed by atoms with Gasteiger partial charge in [-0.1, -0.05) is 12.1 Å². The molecule has 0 radical (unpaired) electrons. The molecule has 0 aliphatic heterocycles. The number of aryl methyl sites for hydroxylation is 1. The molecule has 0 aromatic heterocycles. The molecule has 20 heavy (non-hydrogen) atoms. The van der Waals surface area contributed by atoms with Gasteiger partial charge in [-0.3, -0.25) is 9.59 Å². The zero-order valence-electron chi connectivity index (χ0n) is 11.3. The number of nitrogens with two attached hydrogens (primary N) is 1. The number of hydrogen-bond donors (Lipinski definition) is 3. The number of aliphatic carboxylic acids is 1. The Morgan fingerprint density at radius 2 is 2.15 bits per heavy atom. The number of carboxylic acid groups (broad SMARTS) is 1. The van der Waals surface area contributed by atoms with Crippen molar-refractivity contribution in [2.45, 2.75) is 38.1 Å². The summed E-state index contributed by atoms with van der Waals surface area (Å²) in [6.45, 7) is 0. The maximum absolute atomic E-state index is 12.1. The number of carboxylic acids is 1. The molecule has 2 atom stereocenters. The SMILES string of the molecule is NC1CCC(C(=O)Nc2cccc(CCC(=O)O)c2)C1. The first-order valence-electron chi connectivity index (χ1n) is 6.92. The zero-order valence-corrected chi connectivity index (χ0v) is 11.3. The summed E-state index contributed by atoms with van der Waals surface area (Å²) in [5.74, 6) is -0.819. The van der Waals surface area contributed by atoms with Crippen LogP contribution in [0, 0.1) is 5.92 Å². The smallest absolute Gasteiger partial charge is 0.303 e. The number of nitrogens with one attached hydrogen (secondary N) is 1. The Morgan fingerprint density at radius 3 is 2.80 bits per heavy atom. The predicted octanol–water partition coefficient (Wildman–Crippen LogP) is 1.77. The van der Waals surface area contributed by atoms with Gasteiger partial charge in [-0.25, -0.2) is 0 Å². The lowest BCUT2D eigenvalue weighted by Gasteiger charge is -2.11. The van der Waals surface area contributed by atoms with Crippen LogP contribution in [0.15, 0.2) is 24.3 Å².